The standard InChI is InChI=1S/C9H11NO4/c1-2-3-4-7(5-10)9(13)14-8(12)6-11/h4,11H,2-3,6H2,1H3. The predicted octanol–water partition coefficient (Wildman–Crippen LogP) is 0.299. The summed E-state index contributed by atoms with van der Waals surface area (Å²) in [4.78, 5) is 21.5. The summed E-state index contributed by atoms with van der Waals surface area (Å²) in [6, 6.07) is 1.62. The normalized spacial score (nSPS) is 10.5. The fraction of sp³-hybridized carbons (Fsp3) is 0.444. The molecule has 0 aliphatic carbocycles. The first-order chi connectivity index (χ1) is 6.65. The van der Waals surface area contributed by atoms with E-state index in [1.165, 1.54) is 6.08 Å². The molecule has 0 fully saturated rings. The lowest BCUT2D eigenvalue weighted by Crippen LogP contribution is -2.16. The minimum atomic E-state index is -1.06. The minimum absolute atomic E-state index is 0.214. The van der Waals surface area contributed by atoms with Gasteiger partial charge in [0.15, 0.2) is 0 Å². The van der Waals surface area contributed by atoms with Crippen molar-refractivity contribution < 1.29 is 19.4 Å². The Bertz CT molecular complexity index is 288. The van der Waals surface area contributed by atoms with Crippen LogP contribution in [-0.4, -0.2) is 23.7 Å². The number of aliphatic hydroxyl groups excluding tert-OH is 1. The molecule has 0 amide bonds. The third-order valence-electron chi connectivity index (χ3n) is 1.31. The summed E-state index contributed by atoms with van der Waals surface area (Å²) < 4.78 is 4.13. The predicted molar refractivity (Wildman–Crippen MR) is 46.8 cm³/mol. The van der Waals surface area contributed by atoms with Crippen LogP contribution in [-0.2, 0) is 14.3 Å². The van der Waals surface area contributed by atoms with Crippen molar-refractivity contribution in [2.45, 2.75) is 19.8 Å². The van der Waals surface area contributed by atoms with Crippen molar-refractivity contribution in [1.29, 1.82) is 5.26 Å². The van der Waals surface area contributed by atoms with Crippen LogP contribution in [0.15, 0.2) is 11.6 Å². The fourth-order valence-corrected chi connectivity index (χ4v) is 0.654. The van der Waals surface area contributed by atoms with E-state index < -0.39 is 18.5 Å². The summed E-state index contributed by atoms with van der Waals surface area (Å²) in [5.41, 5.74) is -0.214. The molecule has 1 N–H and O–H groups in total. The maximum atomic E-state index is 11.0. The number of esters is 2. The number of ether oxygens (including phenoxy) is 1. The molecule has 0 saturated carbocycles. The number of allylic oxidation sites excluding steroid dienone is 1. The second kappa shape index (κ2) is 6.80. The van der Waals surface area contributed by atoms with E-state index in [4.69, 9.17) is 10.4 Å². The number of aliphatic hydroxyl groups is 1. The van der Waals surface area contributed by atoms with Crippen molar-refractivity contribution in [3.63, 3.8) is 0 Å². The van der Waals surface area contributed by atoms with Gasteiger partial charge in [0, 0.05) is 0 Å². The molecule has 5 heteroatoms. The van der Waals surface area contributed by atoms with Crippen LogP contribution in [0.25, 0.3) is 0 Å². The van der Waals surface area contributed by atoms with Crippen LogP contribution in [0, 0.1) is 11.3 Å². The molecule has 0 aromatic heterocycles. The lowest BCUT2D eigenvalue weighted by atomic mass is 10.2. The molecule has 0 spiro atoms. The zero-order valence-electron chi connectivity index (χ0n) is 7.82. The maximum Gasteiger partial charge on any atom is 0.356 e. The smallest absolute Gasteiger partial charge is 0.356 e. The topological polar surface area (TPSA) is 87.4 Å². The van der Waals surface area contributed by atoms with Gasteiger partial charge < -0.3 is 9.84 Å². The first kappa shape index (κ1) is 12.3. The average molecular weight is 197 g/mol. The molecule has 5 nitrogen and oxygen atoms in total. The van der Waals surface area contributed by atoms with Crippen molar-refractivity contribution in [3.8, 4) is 6.07 Å². The highest BCUT2D eigenvalue weighted by Crippen LogP contribution is 2.00. The number of carbonyl (C=O) groups excluding carboxylic acids is 2. The Morgan fingerprint density at radius 3 is 2.64 bits per heavy atom. The van der Waals surface area contributed by atoms with Crippen LogP contribution in [0.3, 0.4) is 0 Å². The van der Waals surface area contributed by atoms with Gasteiger partial charge in [-0.2, -0.15) is 5.26 Å². The van der Waals surface area contributed by atoms with E-state index in [2.05, 4.69) is 4.74 Å². The minimum Gasteiger partial charge on any atom is -0.387 e. The first-order valence-corrected chi connectivity index (χ1v) is 4.11. The Labute approximate surface area is 81.6 Å². The summed E-state index contributed by atoms with van der Waals surface area (Å²) in [5.74, 6) is -2.08. The van der Waals surface area contributed by atoms with Crippen molar-refractivity contribution >= 4 is 11.9 Å². The number of unbranched alkanes of at least 4 members (excludes halogenated alkanes) is 1. The van der Waals surface area contributed by atoms with Gasteiger partial charge in [0.1, 0.15) is 18.2 Å². The van der Waals surface area contributed by atoms with Gasteiger partial charge in [0.05, 0.1) is 0 Å². The van der Waals surface area contributed by atoms with E-state index >= 15 is 0 Å². The molecule has 0 heterocycles. The van der Waals surface area contributed by atoms with Gasteiger partial charge in [0.2, 0.25) is 0 Å². The summed E-state index contributed by atoms with van der Waals surface area (Å²) >= 11 is 0. The number of rotatable bonds is 4. The summed E-state index contributed by atoms with van der Waals surface area (Å²) in [6.07, 6.45) is 2.74. The summed E-state index contributed by atoms with van der Waals surface area (Å²) in [6.45, 7) is 1.01. The second-order valence-corrected chi connectivity index (χ2v) is 2.44. The first-order valence-electron chi connectivity index (χ1n) is 4.11. The van der Waals surface area contributed by atoms with Crippen molar-refractivity contribution in [1.82, 2.24) is 0 Å². The third-order valence-corrected chi connectivity index (χ3v) is 1.31. The Kier molecular flexibility index (Phi) is 5.99. The second-order valence-electron chi connectivity index (χ2n) is 2.44. The third kappa shape index (κ3) is 4.38. The molecule has 0 aromatic rings. The summed E-state index contributed by atoms with van der Waals surface area (Å²) in [5, 5.41) is 16.8. The SMILES string of the molecule is CCCC=C(C#N)C(=O)OC(=O)CO. The molecule has 0 aromatic carbocycles. The molecule has 76 valence electrons. The van der Waals surface area contributed by atoms with Gasteiger partial charge in [-0.1, -0.05) is 19.4 Å². The van der Waals surface area contributed by atoms with E-state index in [0.29, 0.717) is 6.42 Å². The van der Waals surface area contributed by atoms with Crippen molar-refractivity contribution in [2.75, 3.05) is 6.61 Å². The van der Waals surface area contributed by atoms with E-state index in [1.807, 2.05) is 6.92 Å². The van der Waals surface area contributed by atoms with E-state index in [0.717, 1.165) is 6.42 Å². The van der Waals surface area contributed by atoms with Crippen LogP contribution in [0.1, 0.15) is 19.8 Å². The molecule has 0 aliphatic rings. The monoisotopic (exact) mass is 197 g/mol. The highest BCUT2D eigenvalue weighted by Gasteiger charge is 2.13. The quantitative estimate of drug-likeness (QED) is 0.303. The molecule has 0 unspecified atom stereocenters. The maximum absolute atomic E-state index is 11.0. The van der Waals surface area contributed by atoms with Crippen LogP contribution in [0.4, 0.5) is 0 Å². The molecule has 0 radical (unpaired) electrons. The van der Waals surface area contributed by atoms with Gasteiger partial charge in [-0.3, -0.25) is 0 Å². The molecular weight excluding hydrogens is 186 g/mol. The number of hydrogen-bond acceptors (Lipinski definition) is 5. The van der Waals surface area contributed by atoms with E-state index in [-0.39, 0.29) is 5.57 Å². The summed E-state index contributed by atoms with van der Waals surface area (Å²) in [7, 11) is 0. The highest BCUT2D eigenvalue weighted by molar-refractivity contribution is 5.99. The number of hydrogen-bond donors (Lipinski definition) is 1. The lowest BCUT2D eigenvalue weighted by Gasteiger charge is -1.98. The Morgan fingerprint density at radius 1 is 1.57 bits per heavy atom. The molecule has 0 saturated heterocycles. The number of nitrogens with zero attached hydrogens (tertiary/aromatic N) is 1. The number of carbonyl (C=O) groups is 2. The molecular formula is C9H11NO4. The molecule has 0 atom stereocenters. The Hall–Kier alpha value is -1.67. The zero-order valence-corrected chi connectivity index (χ0v) is 7.82. The van der Waals surface area contributed by atoms with E-state index in [1.54, 1.807) is 6.07 Å². The fourth-order valence-electron chi connectivity index (χ4n) is 0.654. The molecule has 0 aliphatic heterocycles. The van der Waals surface area contributed by atoms with Crippen LogP contribution < -0.4 is 0 Å². The Morgan fingerprint density at radius 2 is 2.21 bits per heavy atom. The van der Waals surface area contributed by atoms with E-state index in [9.17, 15) is 9.59 Å². The number of nitriles is 1. The Balaban J connectivity index is 4.34. The molecule has 0 bridgehead atoms. The van der Waals surface area contributed by atoms with Gasteiger partial charge in [-0.05, 0) is 6.42 Å². The largest absolute Gasteiger partial charge is 0.387 e. The van der Waals surface area contributed by atoms with Gasteiger partial charge >= 0.3 is 11.9 Å². The van der Waals surface area contributed by atoms with Gasteiger partial charge in [-0.15, -0.1) is 0 Å². The van der Waals surface area contributed by atoms with Crippen molar-refractivity contribution in [2.24, 2.45) is 0 Å². The van der Waals surface area contributed by atoms with Gasteiger partial charge in [-0.25, -0.2) is 9.59 Å². The van der Waals surface area contributed by atoms with Crippen LogP contribution in [0.5, 0.6) is 0 Å². The lowest BCUT2D eigenvalue weighted by molar-refractivity contribution is -0.158. The molecule has 0 rings (SSSR count). The van der Waals surface area contributed by atoms with Crippen molar-refractivity contribution in [3.05, 3.63) is 11.6 Å². The van der Waals surface area contributed by atoms with Gasteiger partial charge in [0.25, 0.3) is 0 Å². The van der Waals surface area contributed by atoms with Crippen LogP contribution in [0.2, 0.25) is 0 Å². The average Bonchev–Trinajstić information content (AvgIpc) is 2.18. The highest BCUT2D eigenvalue weighted by atomic mass is 16.6. The van der Waals surface area contributed by atoms with Crippen LogP contribution >= 0.6 is 0 Å². The molecule has 14 heavy (non-hydrogen) atoms. The zero-order chi connectivity index (χ0) is 11.0.